The van der Waals surface area contributed by atoms with Crippen LogP contribution in [0.4, 0.5) is 0 Å². The van der Waals surface area contributed by atoms with Crippen LogP contribution in [0.3, 0.4) is 0 Å². The van der Waals surface area contributed by atoms with E-state index in [-0.39, 0.29) is 17.6 Å². The molecule has 0 aliphatic heterocycles. The van der Waals surface area contributed by atoms with Gasteiger partial charge in [-0.1, -0.05) is 0 Å². The number of aryl methyl sites for hydroxylation is 1. The maximum absolute atomic E-state index is 11.5. The van der Waals surface area contributed by atoms with Crippen LogP contribution in [0.1, 0.15) is 29.0 Å². The van der Waals surface area contributed by atoms with E-state index in [1.807, 2.05) is 0 Å². The predicted molar refractivity (Wildman–Crippen MR) is 72.7 cm³/mol. The second kappa shape index (κ2) is 7.81. The van der Waals surface area contributed by atoms with E-state index < -0.39 is 5.97 Å². The summed E-state index contributed by atoms with van der Waals surface area (Å²) in [7, 11) is 1.30. The Balaban J connectivity index is 2.62. The van der Waals surface area contributed by atoms with Gasteiger partial charge in [-0.15, -0.1) is 11.6 Å². The lowest BCUT2D eigenvalue weighted by atomic mass is 10.0. The van der Waals surface area contributed by atoms with Crippen LogP contribution >= 0.6 is 11.6 Å². The highest BCUT2D eigenvalue weighted by Crippen LogP contribution is 2.09. The van der Waals surface area contributed by atoms with Gasteiger partial charge in [0.25, 0.3) is 0 Å². The Bertz CT molecular complexity index is 453. The van der Waals surface area contributed by atoms with Crippen molar-refractivity contribution in [2.45, 2.75) is 25.3 Å². The van der Waals surface area contributed by atoms with Gasteiger partial charge in [0.2, 0.25) is 0 Å². The number of nitrogens with zero attached hydrogens (tertiary/aromatic N) is 2. The van der Waals surface area contributed by atoms with Crippen molar-refractivity contribution in [3.63, 3.8) is 0 Å². The summed E-state index contributed by atoms with van der Waals surface area (Å²) >= 11 is 5.54. The van der Waals surface area contributed by atoms with Gasteiger partial charge < -0.3 is 15.9 Å². The molecule has 1 aromatic heterocycles. The molecule has 1 aromatic rings. The van der Waals surface area contributed by atoms with Crippen LogP contribution in [0.5, 0.6) is 0 Å². The third-order valence-electron chi connectivity index (χ3n) is 2.57. The van der Waals surface area contributed by atoms with Crippen molar-refractivity contribution in [3.05, 3.63) is 23.8 Å². The number of carbonyl (C=O) groups excluding carboxylic acids is 1. The SMILES string of the molecule is COC(=O)c1nccnc1CCC(N)CC(=N)CCl. The number of esters is 1. The molecule has 1 atom stereocenters. The normalized spacial score (nSPS) is 11.9. The highest BCUT2D eigenvalue weighted by molar-refractivity contribution is 6.28. The summed E-state index contributed by atoms with van der Waals surface area (Å²) in [4.78, 5) is 19.6. The van der Waals surface area contributed by atoms with E-state index in [1.165, 1.54) is 19.5 Å². The van der Waals surface area contributed by atoms with Crippen molar-refractivity contribution in [1.29, 1.82) is 5.41 Å². The number of hydrogen-bond donors (Lipinski definition) is 2. The fourth-order valence-corrected chi connectivity index (χ4v) is 1.72. The maximum Gasteiger partial charge on any atom is 0.358 e. The first-order valence-electron chi connectivity index (χ1n) is 5.84. The van der Waals surface area contributed by atoms with Crippen molar-refractivity contribution in [2.75, 3.05) is 13.0 Å². The lowest BCUT2D eigenvalue weighted by molar-refractivity contribution is 0.0592. The molecule has 6 nitrogen and oxygen atoms in total. The van der Waals surface area contributed by atoms with E-state index in [4.69, 9.17) is 22.7 Å². The summed E-state index contributed by atoms with van der Waals surface area (Å²) in [6.45, 7) is 0. The van der Waals surface area contributed by atoms with E-state index in [0.717, 1.165) is 0 Å². The van der Waals surface area contributed by atoms with Crippen LogP contribution in [0, 0.1) is 5.41 Å². The number of methoxy groups -OCH3 is 1. The van der Waals surface area contributed by atoms with Crippen molar-refractivity contribution in [2.24, 2.45) is 5.73 Å². The number of ether oxygens (including phenoxy) is 1. The maximum atomic E-state index is 11.5. The van der Waals surface area contributed by atoms with Gasteiger partial charge in [-0.05, 0) is 12.8 Å². The van der Waals surface area contributed by atoms with Gasteiger partial charge in [0.15, 0.2) is 5.69 Å². The number of aromatic nitrogens is 2. The van der Waals surface area contributed by atoms with Gasteiger partial charge in [-0.25, -0.2) is 9.78 Å². The number of rotatable bonds is 7. The second-order valence-electron chi connectivity index (χ2n) is 4.08. The third-order valence-corrected chi connectivity index (χ3v) is 2.90. The quantitative estimate of drug-likeness (QED) is 0.444. The molecule has 1 rings (SSSR count). The minimum Gasteiger partial charge on any atom is -0.464 e. The molecule has 0 saturated carbocycles. The highest BCUT2D eigenvalue weighted by Gasteiger charge is 2.15. The van der Waals surface area contributed by atoms with Gasteiger partial charge in [-0.3, -0.25) is 4.98 Å². The molecule has 1 unspecified atom stereocenters. The first kappa shape index (κ1) is 15.5. The Morgan fingerprint density at radius 3 is 2.84 bits per heavy atom. The Labute approximate surface area is 116 Å². The molecule has 0 saturated heterocycles. The van der Waals surface area contributed by atoms with Crippen LogP contribution in [0.2, 0.25) is 0 Å². The van der Waals surface area contributed by atoms with Crippen LogP contribution in [0.15, 0.2) is 12.4 Å². The molecule has 0 amide bonds. The molecule has 0 bridgehead atoms. The summed E-state index contributed by atoms with van der Waals surface area (Å²) in [5.41, 5.74) is 7.07. The zero-order valence-electron chi connectivity index (χ0n) is 10.7. The number of nitrogens with two attached hydrogens (primary N) is 1. The molecule has 0 aromatic carbocycles. The van der Waals surface area contributed by atoms with Gasteiger partial charge in [0.05, 0.1) is 18.7 Å². The molecular formula is C12H17ClN4O2. The molecule has 1 heterocycles. The van der Waals surface area contributed by atoms with Crippen LogP contribution in [-0.4, -0.2) is 40.7 Å². The Morgan fingerprint density at radius 1 is 1.53 bits per heavy atom. The molecule has 0 radical (unpaired) electrons. The minimum absolute atomic E-state index is 0.182. The summed E-state index contributed by atoms with van der Waals surface area (Å²) < 4.78 is 4.64. The second-order valence-corrected chi connectivity index (χ2v) is 4.35. The predicted octanol–water partition coefficient (Wildman–Crippen LogP) is 1.17. The molecule has 0 aliphatic rings. The molecule has 3 N–H and O–H groups in total. The summed E-state index contributed by atoms with van der Waals surface area (Å²) in [6.07, 6.45) is 4.52. The van der Waals surface area contributed by atoms with Gasteiger partial charge >= 0.3 is 5.97 Å². The standard InChI is InChI=1S/C12H17ClN4O2/c1-19-12(18)11-10(16-4-5-17-11)3-2-8(14)6-9(15)7-13/h4-5,8,15H,2-3,6-7,14H2,1H3. The largest absolute Gasteiger partial charge is 0.464 e. The van der Waals surface area contributed by atoms with Gasteiger partial charge in [0, 0.05) is 30.6 Å². The fourth-order valence-electron chi connectivity index (χ4n) is 1.61. The summed E-state index contributed by atoms with van der Waals surface area (Å²) in [5.74, 6) is -0.322. The van der Waals surface area contributed by atoms with E-state index in [1.54, 1.807) is 0 Å². The van der Waals surface area contributed by atoms with Crippen LogP contribution < -0.4 is 5.73 Å². The van der Waals surface area contributed by atoms with E-state index in [9.17, 15) is 4.79 Å². The fraction of sp³-hybridized carbons (Fsp3) is 0.500. The number of halogens is 1. The van der Waals surface area contributed by atoms with Gasteiger partial charge in [0.1, 0.15) is 0 Å². The number of carbonyl (C=O) groups is 1. The van der Waals surface area contributed by atoms with Crippen LogP contribution in [-0.2, 0) is 11.2 Å². The van der Waals surface area contributed by atoms with Gasteiger partial charge in [-0.2, -0.15) is 0 Å². The van der Waals surface area contributed by atoms with Crippen molar-refractivity contribution in [1.82, 2.24) is 9.97 Å². The number of alkyl halides is 1. The smallest absolute Gasteiger partial charge is 0.358 e. The van der Waals surface area contributed by atoms with Crippen LogP contribution in [0.25, 0.3) is 0 Å². The van der Waals surface area contributed by atoms with E-state index in [2.05, 4.69) is 14.7 Å². The van der Waals surface area contributed by atoms with Crippen molar-refractivity contribution >= 4 is 23.3 Å². The number of nitrogens with one attached hydrogen (secondary N) is 1. The molecule has 0 fully saturated rings. The molecule has 19 heavy (non-hydrogen) atoms. The topological polar surface area (TPSA) is 102 Å². The summed E-state index contributed by atoms with van der Waals surface area (Å²) in [5, 5.41) is 7.48. The molecule has 104 valence electrons. The first-order chi connectivity index (χ1) is 9.08. The molecule has 0 spiro atoms. The van der Waals surface area contributed by atoms with E-state index in [0.29, 0.717) is 30.7 Å². The monoisotopic (exact) mass is 284 g/mol. The Hall–Kier alpha value is -1.53. The summed E-state index contributed by atoms with van der Waals surface area (Å²) in [6, 6.07) is -0.182. The van der Waals surface area contributed by atoms with Crippen molar-refractivity contribution < 1.29 is 9.53 Å². The lowest BCUT2D eigenvalue weighted by Gasteiger charge is -2.11. The Kier molecular flexibility index (Phi) is 6.38. The first-order valence-corrected chi connectivity index (χ1v) is 6.38. The highest BCUT2D eigenvalue weighted by atomic mass is 35.5. The molecular weight excluding hydrogens is 268 g/mol. The third kappa shape index (κ3) is 4.92. The average molecular weight is 285 g/mol. The average Bonchev–Trinajstić information content (AvgIpc) is 2.44. The molecule has 7 heteroatoms. The lowest BCUT2D eigenvalue weighted by Crippen LogP contribution is -2.25. The van der Waals surface area contributed by atoms with Crippen molar-refractivity contribution in [3.8, 4) is 0 Å². The van der Waals surface area contributed by atoms with E-state index >= 15 is 0 Å². The molecule has 0 aliphatic carbocycles. The number of hydrogen-bond acceptors (Lipinski definition) is 6. The Morgan fingerprint density at radius 2 is 2.21 bits per heavy atom. The minimum atomic E-state index is -0.509. The zero-order chi connectivity index (χ0) is 14.3. The zero-order valence-corrected chi connectivity index (χ0v) is 11.5.